The molecule has 0 saturated heterocycles. The summed E-state index contributed by atoms with van der Waals surface area (Å²) in [5, 5.41) is 2.64. The third kappa shape index (κ3) is 5.53. The lowest BCUT2D eigenvalue weighted by Gasteiger charge is -2.28. The lowest BCUT2D eigenvalue weighted by atomic mass is 9.79. The first-order chi connectivity index (χ1) is 30.3. The fourth-order valence-electron chi connectivity index (χ4n) is 10.8. The summed E-state index contributed by atoms with van der Waals surface area (Å²) in [6.45, 7) is 9.46. The van der Waals surface area contributed by atoms with Crippen molar-refractivity contribution >= 4 is 48.6 Å². The van der Waals surface area contributed by atoms with Gasteiger partial charge in [-0.3, -0.25) is 0 Å². The summed E-state index contributed by atoms with van der Waals surface area (Å²) < 4.78 is 2.66. The molecular formula is C60H45NS. The third-order valence-corrected chi connectivity index (χ3v) is 15.1. The number of benzene rings is 9. The molecule has 1 nitrogen and oxygen atoms in total. The van der Waals surface area contributed by atoms with E-state index in [1.165, 1.54) is 98.1 Å². The van der Waals surface area contributed by atoms with Gasteiger partial charge in [0.25, 0.3) is 0 Å². The first-order valence-electron chi connectivity index (χ1n) is 21.8. The molecule has 296 valence electrons. The van der Waals surface area contributed by atoms with E-state index in [2.05, 4.69) is 233 Å². The van der Waals surface area contributed by atoms with Crippen LogP contribution in [0.2, 0.25) is 0 Å². The maximum absolute atomic E-state index is 2.42. The molecule has 0 atom stereocenters. The second kappa shape index (κ2) is 13.8. The lowest BCUT2D eigenvalue weighted by Crippen LogP contribution is -2.16. The molecule has 12 rings (SSSR count). The van der Waals surface area contributed by atoms with Gasteiger partial charge in [0.15, 0.2) is 0 Å². The topological polar surface area (TPSA) is 3.24 Å². The molecule has 0 bridgehead atoms. The smallest absolute Gasteiger partial charge is 0.0467 e. The van der Waals surface area contributed by atoms with Gasteiger partial charge in [0, 0.05) is 48.1 Å². The molecule has 62 heavy (non-hydrogen) atoms. The molecule has 0 aliphatic heterocycles. The maximum atomic E-state index is 2.42. The van der Waals surface area contributed by atoms with Crippen LogP contribution < -0.4 is 4.90 Å². The Hall–Kier alpha value is -7.00. The second-order valence-electron chi connectivity index (χ2n) is 18.1. The van der Waals surface area contributed by atoms with E-state index in [-0.39, 0.29) is 10.8 Å². The van der Waals surface area contributed by atoms with Gasteiger partial charge in [0.1, 0.15) is 0 Å². The number of rotatable bonds is 6. The minimum absolute atomic E-state index is 0.0464. The van der Waals surface area contributed by atoms with E-state index in [0.717, 1.165) is 17.1 Å². The van der Waals surface area contributed by atoms with Gasteiger partial charge in [-0.25, -0.2) is 0 Å². The van der Waals surface area contributed by atoms with Gasteiger partial charge in [-0.15, -0.1) is 11.3 Å². The zero-order chi connectivity index (χ0) is 41.7. The summed E-state index contributed by atoms with van der Waals surface area (Å²) in [5.74, 6) is 0. The monoisotopic (exact) mass is 811 g/mol. The van der Waals surface area contributed by atoms with Gasteiger partial charge < -0.3 is 4.90 Å². The van der Waals surface area contributed by atoms with Crippen LogP contribution in [0.4, 0.5) is 17.1 Å². The van der Waals surface area contributed by atoms with E-state index < -0.39 is 0 Å². The van der Waals surface area contributed by atoms with Crippen LogP contribution in [0.1, 0.15) is 49.9 Å². The Balaban J connectivity index is 0.964. The average molecular weight is 812 g/mol. The molecule has 0 spiro atoms. The van der Waals surface area contributed by atoms with Crippen molar-refractivity contribution in [3.05, 3.63) is 222 Å². The fraction of sp³-hybridized carbons (Fsp3) is 0.100. The number of hydrogen-bond acceptors (Lipinski definition) is 2. The van der Waals surface area contributed by atoms with Gasteiger partial charge >= 0.3 is 0 Å². The molecule has 2 heteroatoms. The van der Waals surface area contributed by atoms with Gasteiger partial charge in [-0.05, 0) is 126 Å². The zero-order valence-electron chi connectivity index (χ0n) is 35.4. The van der Waals surface area contributed by atoms with E-state index in [4.69, 9.17) is 0 Å². The SMILES string of the molecule is CC1(C)c2ccccc2-c2ccc(-c3ccc(N(c4ccc(-c5cccc6c5sc5ccccc56)cc4)c4cccc(-c5cccc6c5C(C)(C)c5ccccc5-6)c4)cc3)cc21. The van der Waals surface area contributed by atoms with E-state index in [9.17, 15) is 0 Å². The highest BCUT2D eigenvalue weighted by Crippen LogP contribution is 2.53. The summed E-state index contributed by atoms with van der Waals surface area (Å²) in [7, 11) is 0. The van der Waals surface area contributed by atoms with Crippen LogP contribution in [0, 0.1) is 0 Å². The van der Waals surface area contributed by atoms with Crippen molar-refractivity contribution in [1.82, 2.24) is 0 Å². The van der Waals surface area contributed by atoms with E-state index in [1.807, 2.05) is 11.3 Å². The van der Waals surface area contributed by atoms with E-state index >= 15 is 0 Å². The van der Waals surface area contributed by atoms with Gasteiger partial charge in [-0.1, -0.05) is 179 Å². The Morgan fingerprint density at radius 1 is 0.339 bits per heavy atom. The maximum Gasteiger partial charge on any atom is 0.0467 e. The molecule has 0 amide bonds. The van der Waals surface area contributed by atoms with Crippen molar-refractivity contribution in [3.8, 4) is 55.6 Å². The molecular weight excluding hydrogens is 767 g/mol. The van der Waals surface area contributed by atoms with Gasteiger partial charge in [0.2, 0.25) is 0 Å². The molecule has 0 N–H and O–H groups in total. The average Bonchev–Trinajstić information content (AvgIpc) is 3.89. The first-order valence-corrected chi connectivity index (χ1v) is 22.6. The molecule has 9 aromatic carbocycles. The second-order valence-corrected chi connectivity index (χ2v) is 19.1. The fourth-order valence-corrected chi connectivity index (χ4v) is 12.0. The number of fused-ring (bicyclic) bond motifs is 9. The van der Waals surface area contributed by atoms with Crippen LogP contribution in [0.15, 0.2) is 200 Å². The van der Waals surface area contributed by atoms with Crippen molar-refractivity contribution in [3.63, 3.8) is 0 Å². The van der Waals surface area contributed by atoms with Gasteiger partial charge in [-0.2, -0.15) is 0 Å². The van der Waals surface area contributed by atoms with Gasteiger partial charge in [0.05, 0.1) is 0 Å². The quantitative estimate of drug-likeness (QED) is 0.162. The highest BCUT2D eigenvalue weighted by molar-refractivity contribution is 7.26. The van der Waals surface area contributed by atoms with Crippen LogP contribution in [0.3, 0.4) is 0 Å². The number of thiophene rings is 1. The molecule has 10 aromatic rings. The van der Waals surface area contributed by atoms with Crippen molar-refractivity contribution in [2.45, 2.75) is 38.5 Å². The number of hydrogen-bond donors (Lipinski definition) is 0. The normalized spacial score (nSPS) is 14.1. The largest absolute Gasteiger partial charge is 0.310 e. The summed E-state index contributed by atoms with van der Waals surface area (Å²) in [6.07, 6.45) is 0. The molecule has 0 saturated carbocycles. The molecule has 0 fully saturated rings. The Morgan fingerprint density at radius 2 is 0.887 bits per heavy atom. The number of anilines is 3. The molecule has 0 radical (unpaired) electrons. The van der Waals surface area contributed by atoms with Crippen LogP contribution in [-0.2, 0) is 10.8 Å². The van der Waals surface area contributed by atoms with Crippen LogP contribution in [0.5, 0.6) is 0 Å². The lowest BCUT2D eigenvalue weighted by molar-refractivity contribution is 0.660. The minimum Gasteiger partial charge on any atom is -0.310 e. The molecule has 0 unspecified atom stereocenters. The van der Waals surface area contributed by atoms with Crippen LogP contribution >= 0.6 is 11.3 Å². The van der Waals surface area contributed by atoms with Crippen molar-refractivity contribution in [1.29, 1.82) is 0 Å². The van der Waals surface area contributed by atoms with Crippen molar-refractivity contribution in [2.75, 3.05) is 4.90 Å². The Labute approximate surface area is 368 Å². The highest BCUT2D eigenvalue weighted by atomic mass is 32.1. The zero-order valence-corrected chi connectivity index (χ0v) is 36.2. The Bertz CT molecular complexity index is 3400. The molecule has 1 heterocycles. The first kappa shape index (κ1) is 36.8. The highest BCUT2D eigenvalue weighted by Gasteiger charge is 2.38. The Kier molecular flexibility index (Phi) is 8.17. The number of nitrogens with zero attached hydrogens (tertiary/aromatic N) is 1. The summed E-state index contributed by atoms with van der Waals surface area (Å²) in [5.41, 5.74) is 21.6. The van der Waals surface area contributed by atoms with Crippen LogP contribution in [-0.4, -0.2) is 0 Å². The standard InChI is InChI=1S/C60H45NS/c1-59(2)53-23-8-5-16-47(53)49-35-30-40(37-55(49)59)38-26-31-42(32-27-38)61(43-33-28-39(29-34-43)46-20-13-22-52-50-18-7-10-25-56(50)62-58(46)52)44-15-11-14-41(36-44)45-19-12-21-51-48-17-6-9-24-54(48)60(3,4)57(45)51/h5-37H,1-4H3. The molecule has 2 aliphatic rings. The van der Waals surface area contributed by atoms with Crippen molar-refractivity contribution in [2.24, 2.45) is 0 Å². The van der Waals surface area contributed by atoms with Crippen molar-refractivity contribution < 1.29 is 0 Å². The molecule has 2 aliphatic carbocycles. The third-order valence-electron chi connectivity index (χ3n) is 13.9. The Morgan fingerprint density at radius 3 is 1.66 bits per heavy atom. The predicted octanol–water partition coefficient (Wildman–Crippen LogP) is 17.1. The predicted molar refractivity (Wildman–Crippen MR) is 265 cm³/mol. The van der Waals surface area contributed by atoms with E-state index in [0.29, 0.717) is 0 Å². The summed E-state index contributed by atoms with van der Waals surface area (Å²) in [6, 6.07) is 74.6. The summed E-state index contributed by atoms with van der Waals surface area (Å²) >= 11 is 1.88. The summed E-state index contributed by atoms with van der Waals surface area (Å²) in [4.78, 5) is 2.42. The molecule has 1 aromatic heterocycles. The van der Waals surface area contributed by atoms with E-state index in [1.54, 1.807) is 0 Å². The minimum atomic E-state index is -0.114. The van der Waals surface area contributed by atoms with Crippen LogP contribution in [0.25, 0.3) is 75.8 Å².